The van der Waals surface area contributed by atoms with Crippen LogP contribution in [-0.4, -0.2) is 26.2 Å². The Kier molecular flexibility index (Phi) is 5.62. The minimum atomic E-state index is -0.747. The number of rotatable bonds is 3. The number of fused-ring (bicyclic) bond motifs is 1. The summed E-state index contributed by atoms with van der Waals surface area (Å²) < 4.78 is 16.2. The Bertz CT molecular complexity index is 1040. The van der Waals surface area contributed by atoms with Gasteiger partial charge in [0.15, 0.2) is 5.17 Å². The van der Waals surface area contributed by atoms with Gasteiger partial charge in [0, 0.05) is 29.4 Å². The van der Waals surface area contributed by atoms with Crippen LogP contribution >= 0.6 is 24.2 Å². The number of hydrogen-bond donors (Lipinski definition) is 2. The molecule has 6 nitrogen and oxygen atoms in total. The number of imidazole rings is 1. The topological polar surface area (TPSA) is 84.8 Å². The minimum Gasteiger partial charge on any atom is -0.379 e. The lowest BCUT2D eigenvalue weighted by Crippen LogP contribution is -2.29. The summed E-state index contributed by atoms with van der Waals surface area (Å²) in [6.45, 7) is 1.85. The highest BCUT2D eigenvalue weighted by Crippen LogP contribution is 2.37. The second-order valence-corrected chi connectivity index (χ2v) is 7.68. The average Bonchev–Trinajstić information content (AvgIpc) is 3.07. The van der Waals surface area contributed by atoms with E-state index < -0.39 is 5.54 Å². The van der Waals surface area contributed by atoms with Gasteiger partial charge in [-0.15, -0.1) is 12.4 Å². The molecule has 1 atom stereocenters. The molecule has 1 aliphatic rings. The first kappa shape index (κ1) is 20.2. The molecule has 0 spiro atoms. The molecule has 3 aromatic rings. The minimum absolute atomic E-state index is 0. The number of halogens is 2. The number of thioether (sulfide) groups is 1. The van der Waals surface area contributed by atoms with E-state index in [0.717, 1.165) is 5.75 Å². The van der Waals surface area contributed by atoms with Gasteiger partial charge in [-0.05, 0) is 43.7 Å². The molecule has 3 heterocycles. The van der Waals surface area contributed by atoms with Crippen LogP contribution in [0.5, 0.6) is 0 Å². The molecule has 0 saturated carbocycles. The highest BCUT2D eigenvalue weighted by atomic mass is 35.5. The summed E-state index contributed by atoms with van der Waals surface area (Å²) in [5.41, 5.74) is 6.96. The molecule has 0 bridgehead atoms. The highest BCUT2D eigenvalue weighted by molar-refractivity contribution is 8.13. The van der Waals surface area contributed by atoms with Crippen molar-refractivity contribution in [3.63, 3.8) is 0 Å². The Labute approximate surface area is 171 Å². The van der Waals surface area contributed by atoms with Crippen LogP contribution in [-0.2, 0) is 5.54 Å². The van der Waals surface area contributed by atoms with Crippen LogP contribution in [0.15, 0.2) is 53.8 Å². The number of benzene rings is 1. The molecule has 0 saturated heterocycles. The van der Waals surface area contributed by atoms with E-state index in [9.17, 15) is 9.18 Å². The van der Waals surface area contributed by atoms with Gasteiger partial charge in [0.25, 0.3) is 5.91 Å². The first-order valence-electron chi connectivity index (χ1n) is 8.48. The van der Waals surface area contributed by atoms with Gasteiger partial charge in [-0.25, -0.2) is 9.37 Å². The quantitative estimate of drug-likeness (QED) is 0.676. The van der Waals surface area contributed by atoms with Crippen LogP contribution in [0, 0.1) is 5.82 Å². The lowest BCUT2D eigenvalue weighted by molar-refractivity contribution is 0.102. The number of carbonyl (C=O) groups excluding carboxylic acids is 1. The largest absolute Gasteiger partial charge is 0.379 e. The van der Waals surface area contributed by atoms with Crippen LogP contribution in [0.3, 0.4) is 0 Å². The summed E-state index contributed by atoms with van der Waals surface area (Å²) in [6, 6.07) is 10.0. The van der Waals surface area contributed by atoms with Crippen LogP contribution < -0.4 is 11.1 Å². The van der Waals surface area contributed by atoms with Crippen molar-refractivity contribution in [1.82, 2.24) is 9.38 Å². The van der Waals surface area contributed by atoms with E-state index in [4.69, 9.17) is 5.73 Å². The second kappa shape index (κ2) is 7.81. The highest BCUT2D eigenvalue weighted by Gasteiger charge is 2.32. The molecule has 146 valence electrons. The van der Waals surface area contributed by atoms with Gasteiger partial charge >= 0.3 is 0 Å². The van der Waals surface area contributed by atoms with Crippen molar-refractivity contribution >= 4 is 46.6 Å². The van der Waals surface area contributed by atoms with Crippen LogP contribution in [0.2, 0.25) is 0 Å². The zero-order valence-electron chi connectivity index (χ0n) is 15.1. The zero-order chi connectivity index (χ0) is 19.0. The van der Waals surface area contributed by atoms with Gasteiger partial charge in [-0.1, -0.05) is 17.8 Å². The van der Waals surface area contributed by atoms with Crippen molar-refractivity contribution in [2.75, 3.05) is 11.1 Å². The Morgan fingerprint density at radius 1 is 1.36 bits per heavy atom. The molecule has 0 unspecified atom stereocenters. The van der Waals surface area contributed by atoms with Gasteiger partial charge in [0.05, 0.1) is 5.54 Å². The first-order chi connectivity index (χ1) is 12.9. The van der Waals surface area contributed by atoms with E-state index in [0.29, 0.717) is 28.5 Å². The normalized spacial score (nSPS) is 19.0. The van der Waals surface area contributed by atoms with Crippen molar-refractivity contribution in [2.24, 2.45) is 10.7 Å². The summed E-state index contributed by atoms with van der Waals surface area (Å²) >= 11 is 1.46. The summed E-state index contributed by atoms with van der Waals surface area (Å²) in [7, 11) is 0. The van der Waals surface area contributed by atoms with Crippen molar-refractivity contribution in [2.45, 2.75) is 18.9 Å². The molecule has 3 N–H and O–H groups in total. The smallest absolute Gasteiger partial charge is 0.275 e. The molecule has 4 rings (SSSR count). The second-order valence-electron chi connectivity index (χ2n) is 6.56. The molecule has 1 aromatic carbocycles. The number of nitrogens with one attached hydrogen (secondary N) is 1. The monoisotopic (exact) mass is 419 g/mol. The zero-order valence-corrected chi connectivity index (χ0v) is 16.7. The number of aliphatic imine (C=N–C) groups is 1. The number of amidine groups is 1. The molecule has 1 aliphatic heterocycles. The van der Waals surface area contributed by atoms with Crippen LogP contribution in [0.4, 0.5) is 10.1 Å². The fourth-order valence-corrected chi connectivity index (χ4v) is 4.11. The third kappa shape index (κ3) is 3.83. The number of carbonyl (C=O) groups is 1. The van der Waals surface area contributed by atoms with E-state index >= 15 is 0 Å². The third-order valence-electron chi connectivity index (χ3n) is 4.60. The molecule has 2 aromatic heterocycles. The van der Waals surface area contributed by atoms with E-state index in [1.165, 1.54) is 23.9 Å². The van der Waals surface area contributed by atoms with Gasteiger partial charge in [-0.2, -0.15) is 0 Å². The standard InChI is InChI=1S/C19H18FN5OS.ClH/c1-19(7-9-27-18(21)24-19)13-10-12(5-6-14(13)20)22-17(26)15-11-25-8-3-2-4-16(25)23-15;/h2-6,8,10-11H,7,9H2,1H3,(H2,21,24)(H,22,26);1H/t19-;/m0./s1. The maximum Gasteiger partial charge on any atom is 0.275 e. The molecule has 0 fully saturated rings. The van der Waals surface area contributed by atoms with E-state index in [2.05, 4.69) is 15.3 Å². The number of anilines is 1. The van der Waals surface area contributed by atoms with Crippen LogP contribution in [0.1, 0.15) is 29.4 Å². The Morgan fingerprint density at radius 3 is 2.93 bits per heavy atom. The van der Waals surface area contributed by atoms with E-state index in [-0.39, 0.29) is 29.8 Å². The van der Waals surface area contributed by atoms with Crippen molar-refractivity contribution < 1.29 is 9.18 Å². The summed E-state index contributed by atoms with van der Waals surface area (Å²) in [6.07, 6.45) is 4.14. The molecule has 1 amide bonds. The first-order valence-corrected chi connectivity index (χ1v) is 9.46. The lowest BCUT2D eigenvalue weighted by Gasteiger charge is -2.30. The van der Waals surface area contributed by atoms with E-state index in [1.807, 2.05) is 31.3 Å². The number of amides is 1. The third-order valence-corrected chi connectivity index (χ3v) is 5.39. The molecule has 9 heteroatoms. The molecule has 0 aliphatic carbocycles. The summed E-state index contributed by atoms with van der Waals surface area (Å²) in [5.74, 6) is 0.0404. The van der Waals surface area contributed by atoms with E-state index in [1.54, 1.807) is 16.7 Å². The van der Waals surface area contributed by atoms with Gasteiger partial charge < -0.3 is 15.5 Å². The van der Waals surface area contributed by atoms with Gasteiger partial charge in [-0.3, -0.25) is 9.79 Å². The fourth-order valence-electron chi connectivity index (χ4n) is 3.14. The number of hydrogen-bond acceptors (Lipinski definition) is 5. The SMILES string of the molecule is C[C@@]1(c2cc(NC(=O)c3cn4ccccc4n3)ccc2F)CCSC(N)=N1.Cl. The maximum atomic E-state index is 14.5. The Morgan fingerprint density at radius 2 is 2.18 bits per heavy atom. The molecular formula is C19H19ClFN5OS. The molecule has 0 radical (unpaired) electrons. The van der Waals surface area contributed by atoms with Crippen molar-refractivity contribution in [1.29, 1.82) is 0 Å². The number of nitrogens with two attached hydrogens (primary N) is 1. The van der Waals surface area contributed by atoms with Gasteiger partial charge in [0.1, 0.15) is 17.2 Å². The summed E-state index contributed by atoms with van der Waals surface area (Å²) in [5, 5.41) is 3.23. The predicted octanol–water partition coefficient (Wildman–Crippen LogP) is 3.81. The number of nitrogens with zero attached hydrogens (tertiary/aromatic N) is 3. The fraction of sp³-hybridized carbons (Fsp3) is 0.211. The predicted molar refractivity (Wildman–Crippen MR) is 113 cm³/mol. The van der Waals surface area contributed by atoms with Gasteiger partial charge in [0.2, 0.25) is 0 Å². The molecular weight excluding hydrogens is 401 g/mol. The summed E-state index contributed by atoms with van der Waals surface area (Å²) in [4.78, 5) is 21.3. The lowest BCUT2D eigenvalue weighted by atomic mass is 9.89. The Balaban J connectivity index is 0.00000225. The number of aromatic nitrogens is 2. The average molecular weight is 420 g/mol. The molecule has 28 heavy (non-hydrogen) atoms. The Hall–Kier alpha value is -2.58. The number of pyridine rings is 1. The van der Waals surface area contributed by atoms with Crippen molar-refractivity contribution in [3.05, 3.63) is 65.9 Å². The van der Waals surface area contributed by atoms with Crippen LogP contribution in [0.25, 0.3) is 5.65 Å². The maximum absolute atomic E-state index is 14.5. The van der Waals surface area contributed by atoms with Crippen molar-refractivity contribution in [3.8, 4) is 0 Å².